The number of nitrogens with zero attached hydrogens (tertiary/aromatic N) is 1. The van der Waals surface area contributed by atoms with E-state index in [4.69, 9.17) is 28.4 Å². The fraction of sp³-hybridized carbons (Fsp3) is 0.143. The number of benzene rings is 1. The number of halogens is 3. The van der Waals surface area contributed by atoms with Gasteiger partial charge in [0.1, 0.15) is 0 Å². The van der Waals surface area contributed by atoms with E-state index in [0.29, 0.717) is 10.7 Å². The first-order chi connectivity index (χ1) is 5.68. The van der Waals surface area contributed by atoms with Crippen LogP contribution >= 0.6 is 39.5 Å². The molecule has 0 aromatic heterocycles. The summed E-state index contributed by atoms with van der Waals surface area (Å²) in [6, 6.07) is 7.68. The zero-order valence-electron chi connectivity index (χ0n) is 6.01. The average Bonchev–Trinajstić information content (AvgIpc) is 2.03. The van der Waals surface area contributed by atoms with Crippen LogP contribution in [0, 0.1) is 0 Å². The molecule has 0 fully saturated rings. The van der Waals surface area contributed by atoms with Gasteiger partial charge >= 0.3 is 0 Å². The molecular weight excluding hydrogens is 265 g/mol. The molecule has 0 unspecified atom stereocenters. The maximum Gasteiger partial charge on any atom is 0.0966 e. The number of hydrogen-bond acceptors (Lipinski definition) is 2. The minimum Gasteiger partial charge on any atom is -0.264 e. The standard InChI is InChI=1S/C7H6BrCl2NO/c8-7-3-1-6(2-4-7)5-12-11(9)10/h1-4H,5H2. The first-order valence-electron chi connectivity index (χ1n) is 3.17. The van der Waals surface area contributed by atoms with Gasteiger partial charge in [0.05, 0.1) is 6.61 Å². The predicted molar refractivity (Wildman–Crippen MR) is 52.5 cm³/mol. The predicted octanol–water partition coefficient (Wildman–Crippen LogP) is 3.49. The van der Waals surface area contributed by atoms with Gasteiger partial charge in [-0.2, -0.15) is 0 Å². The van der Waals surface area contributed by atoms with Gasteiger partial charge in [0.2, 0.25) is 0 Å². The van der Waals surface area contributed by atoms with Crippen molar-refractivity contribution >= 4 is 39.5 Å². The van der Waals surface area contributed by atoms with Crippen molar-refractivity contribution < 1.29 is 4.84 Å². The Balaban J connectivity index is 2.48. The highest BCUT2D eigenvalue weighted by molar-refractivity contribution is 9.10. The fourth-order valence-corrected chi connectivity index (χ4v) is 1.07. The van der Waals surface area contributed by atoms with Gasteiger partial charge in [-0.15, -0.1) is 0 Å². The lowest BCUT2D eigenvalue weighted by Crippen LogP contribution is -1.99. The van der Waals surface area contributed by atoms with Crippen LogP contribution in [0.4, 0.5) is 0 Å². The third-order valence-electron chi connectivity index (χ3n) is 1.24. The lowest BCUT2D eigenvalue weighted by atomic mass is 10.2. The highest BCUT2D eigenvalue weighted by Gasteiger charge is 1.96. The zero-order chi connectivity index (χ0) is 8.97. The van der Waals surface area contributed by atoms with Crippen molar-refractivity contribution in [2.24, 2.45) is 0 Å². The van der Waals surface area contributed by atoms with Crippen molar-refractivity contribution in [2.75, 3.05) is 0 Å². The Labute approximate surface area is 89.3 Å². The van der Waals surface area contributed by atoms with Crippen LogP contribution in [0.3, 0.4) is 0 Å². The maximum atomic E-state index is 5.23. The van der Waals surface area contributed by atoms with Gasteiger partial charge in [-0.25, -0.2) is 0 Å². The molecule has 1 aromatic rings. The van der Waals surface area contributed by atoms with E-state index in [0.717, 1.165) is 10.0 Å². The number of hydrogen-bond donors (Lipinski definition) is 0. The summed E-state index contributed by atoms with van der Waals surface area (Å²) in [5.74, 6) is 0. The molecule has 2 nitrogen and oxygen atoms in total. The second kappa shape index (κ2) is 5.04. The molecule has 0 atom stereocenters. The van der Waals surface area contributed by atoms with Crippen molar-refractivity contribution in [3.63, 3.8) is 0 Å². The monoisotopic (exact) mass is 269 g/mol. The van der Waals surface area contributed by atoms with Gasteiger partial charge in [-0.1, -0.05) is 28.1 Å². The molecule has 1 rings (SSSR count). The Morgan fingerprint density at radius 3 is 2.33 bits per heavy atom. The fourth-order valence-electron chi connectivity index (χ4n) is 0.704. The average molecular weight is 271 g/mol. The molecular formula is C7H6BrCl2NO. The van der Waals surface area contributed by atoms with E-state index in [9.17, 15) is 0 Å². The van der Waals surface area contributed by atoms with Crippen LogP contribution in [-0.2, 0) is 11.4 Å². The van der Waals surface area contributed by atoms with Crippen LogP contribution in [0.2, 0.25) is 0 Å². The first-order valence-corrected chi connectivity index (χ1v) is 4.64. The first kappa shape index (κ1) is 10.3. The second-order valence-corrected chi connectivity index (χ2v) is 3.80. The van der Waals surface area contributed by atoms with Gasteiger partial charge in [0, 0.05) is 28.0 Å². The van der Waals surface area contributed by atoms with E-state index in [1.54, 1.807) is 0 Å². The molecule has 0 N–H and O–H groups in total. The molecule has 0 saturated heterocycles. The van der Waals surface area contributed by atoms with E-state index in [-0.39, 0.29) is 0 Å². The summed E-state index contributed by atoms with van der Waals surface area (Å²) in [4.78, 5) is 4.82. The topological polar surface area (TPSA) is 12.5 Å². The molecule has 0 amide bonds. The van der Waals surface area contributed by atoms with E-state index in [1.807, 2.05) is 24.3 Å². The van der Waals surface area contributed by atoms with Crippen molar-refractivity contribution in [1.82, 2.24) is 4.10 Å². The Bertz CT molecular complexity index is 240. The Morgan fingerprint density at radius 1 is 1.25 bits per heavy atom. The van der Waals surface area contributed by atoms with Crippen molar-refractivity contribution in [3.05, 3.63) is 34.3 Å². The summed E-state index contributed by atoms with van der Waals surface area (Å²) < 4.78 is 1.67. The lowest BCUT2D eigenvalue weighted by Gasteiger charge is -2.04. The van der Waals surface area contributed by atoms with Gasteiger partial charge in [0.15, 0.2) is 0 Å². The van der Waals surface area contributed by atoms with Crippen LogP contribution in [-0.4, -0.2) is 4.10 Å². The van der Waals surface area contributed by atoms with Crippen molar-refractivity contribution in [2.45, 2.75) is 6.61 Å². The summed E-state index contributed by atoms with van der Waals surface area (Å²) in [6.45, 7) is 0.361. The third-order valence-corrected chi connectivity index (χ3v) is 1.97. The highest BCUT2D eigenvalue weighted by Crippen LogP contribution is 2.12. The van der Waals surface area contributed by atoms with Crippen LogP contribution < -0.4 is 0 Å². The van der Waals surface area contributed by atoms with Crippen LogP contribution in [0.15, 0.2) is 28.7 Å². The molecule has 0 aliphatic carbocycles. The van der Waals surface area contributed by atoms with Crippen molar-refractivity contribution in [1.29, 1.82) is 0 Å². The largest absolute Gasteiger partial charge is 0.264 e. The van der Waals surface area contributed by atoms with E-state index in [1.165, 1.54) is 0 Å². The maximum absolute atomic E-state index is 5.23. The van der Waals surface area contributed by atoms with E-state index in [2.05, 4.69) is 15.9 Å². The molecule has 5 heteroatoms. The van der Waals surface area contributed by atoms with Gasteiger partial charge in [-0.05, 0) is 21.8 Å². The highest BCUT2D eigenvalue weighted by atomic mass is 79.9. The molecule has 0 radical (unpaired) electrons. The summed E-state index contributed by atoms with van der Waals surface area (Å²) >= 11 is 13.8. The molecule has 0 saturated carbocycles. The minimum absolute atomic E-state index is 0.361. The van der Waals surface area contributed by atoms with E-state index >= 15 is 0 Å². The SMILES string of the molecule is ClN(Cl)OCc1ccc(Br)cc1. The second-order valence-electron chi connectivity index (χ2n) is 2.10. The normalized spacial score (nSPS) is 10.7. The number of rotatable bonds is 3. The molecule has 12 heavy (non-hydrogen) atoms. The minimum atomic E-state index is 0.361. The third kappa shape index (κ3) is 3.74. The zero-order valence-corrected chi connectivity index (χ0v) is 9.10. The van der Waals surface area contributed by atoms with Crippen LogP contribution in [0.25, 0.3) is 0 Å². The molecule has 0 aliphatic heterocycles. The van der Waals surface area contributed by atoms with Crippen LogP contribution in [0.1, 0.15) is 5.56 Å². The van der Waals surface area contributed by atoms with Gasteiger partial charge < -0.3 is 0 Å². The molecule has 0 bridgehead atoms. The molecule has 66 valence electrons. The molecule has 1 aromatic carbocycles. The summed E-state index contributed by atoms with van der Waals surface area (Å²) in [5, 5.41) is 0. The summed E-state index contributed by atoms with van der Waals surface area (Å²) in [7, 11) is 0. The summed E-state index contributed by atoms with van der Waals surface area (Å²) in [6.07, 6.45) is 0. The molecule has 0 aliphatic rings. The smallest absolute Gasteiger partial charge is 0.0966 e. The Kier molecular flexibility index (Phi) is 4.32. The quantitative estimate of drug-likeness (QED) is 0.616. The van der Waals surface area contributed by atoms with Gasteiger partial charge in [0.25, 0.3) is 0 Å². The molecule has 0 heterocycles. The van der Waals surface area contributed by atoms with E-state index < -0.39 is 0 Å². The van der Waals surface area contributed by atoms with Crippen molar-refractivity contribution in [3.8, 4) is 0 Å². The van der Waals surface area contributed by atoms with Crippen LogP contribution in [0.5, 0.6) is 0 Å². The Morgan fingerprint density at radius 2 is 1.83 bits per heavy atom. The Hall–Kier alpha value is 0.200. The molecule has 0 spiro atoms. The van der Waals surface area contributed by atoms with Gasteiger partial charge in [-0.3, -0.25) is 4.84 Å². The summed E-state index contributed by atoms with van der Waals surface area (Å²) in [5.41, 5.74) is 1.00. The lowest BCUT2D eigenvalue weighted by molar-refractivity contribution is -0.0259.